The van der Waals surface area contributed by atoms with Crippen LogP contribution in [0.5, 0.6) is 0 Å². The second-order valence-electron chi connectivity index (χ2n) is 3.22. The van der Waals surface area contributed by atoms with Crippen molar-refractivity contribution in [3.8, 4) is 0 Å². The Morgan fingerprint density at radius 2 is 1.20 bits per heavy atom. The van der Waals surface area contributed by atoms with Gasteiger partial charge < -0.3 is 10.8 Å². The molecule has 15 heavy (non-hydrogen) atoms. The summed E-state index contributed by atoms with van der Waals surface area (Å²) in [4.78, 5) is 2.59. The maximum atomic E-state index is 3.42. The van der Waals surface area contributed by atoms with Gasteiger partial charge in [-0.05, 0) is 24.3 Å². The fourth-order valence-electron chi connectivity index (χ4n) is 1.58. The fourth-order valence-corrected chi connectivity index (χ4v) is 2.57. The minimum Gasteiger partial charge on any atom is -0.412 e. The highest BCUT2D eigenvalue weighted by Gasteiger charge is 2.13. The van der Waals surface area contributed by atoms with Crippen molar-refractivity contribution in [2.45, 2.75) is 9.79 Å². The van der Waals surface area contributed by atoms with E-state index in [1.165, 1.54) is 21.2 Å². The van der Waals surface area contributed by atoms with Crippen LogP contribution in [0, 0.1) is 0 Å². The quantitative estimate of drug-likeness (QED) is 0.629. The molecule has 3 N–H and O–H groups in total. The first-order valence-corrected chi connectivity index (χ1v) is 5.38. The van der Waals surface area contributed by atoms with E-state index in [2.05, 4.69) is 53.8 Å². The Kier molecular flexibility index (Phi) is 2.66. The molecule has 0 spiro atoms. The lowest BCUT2D eigenvalue weighted by molar-refractivity contribution is 0.824. The van der Waals surface area contributed by atoms with Crippen LogP contribution in [-0.4, -0.2) is 5.48 Å². The van der Waals surface area contributed by atoms with Gasteiger partial charge in [0.05, 0.1) is 11.4 Å². The van der Waals surface area contributed by atoms with Crippen molar-refractivity contribution in [2.24, 2.45) is 0 Å². The Hall–Kier alpha value is -1.45. The molecule has 0 bridgehead atoms. The van der Waals surface area contributed by atoms with Gasteiger partial charge in [-0.25, -0.2) is 0 Å². The minimum absolute atomic E-state index is 0. The summed E-state index contributed by atoms with van der Waals surface area (Å²) in [6, 6.07) is 16.8. The molecule has 0 aliphatic carbocycles. The molecule has 2 nitrogen and oxygen atoms in total. The molecule has 0 amide bonds. The first kappa shape index (κ1) is 10.1. The third kappa shape index (κ3) is 1.71. The molecule has 0 aromatic heterocycles. The summed E-state index contributed by atoms with van der Waals surface area (Å²) < 4.78 is 0. The lowest BCUT2D eigenvalue weighted by Crippen LogP contribution is -1.98. The average Bonchev–Trinajstić information content (AvgIpc) is 2.26. The summed E-state index contributed by atoms with van der Waals surface area (Å²) >= 11 is 1.82. The summed E-state index contributed by atoms with van der Waals surface area (Å²) in [5, 5.41) is 3.42. The standard InChI is InChI=1S/C12H9NS.H2O/c1-3-7-11-9(5-1)13-10-6-2-4-8-12(10)14-11;/h1-8,13H;1H2. The van der Waals surface area contributed by atoms with Crippen molar-refractivity contribution in [1.29, 1.82) is 0 Å². The summed E-state index contributed by atoms with van der Waals surface area (Å²) in [5.41, 5.74) is 2.41. The zero-order valence-electron chi connectivity index (χ0n) is 8.03. The Morgan fingerprint density at radius 3 is 1.73 bits per heavy atom. The molecule has 1 aliphatic heterocycles. The number of benzene rings is 2. The minimum atomic E-state index is 0. The van der Waals surface area contributed by atoms with Crippen molar-refractivity contribution in [2.75, 3.05) is 5.32 Å². The fraction of sp³-hybridized carbons (Fsp3) is 0. The van der Waals surface area contributed by atoms with Gasteiger partial charge >= 0.3 is 0 Å². The molecule has 0 atom stereocenters. The normalized spacial score (nSPS) is 11.7. The zero-order valence-corrected chi connectivity index (χ0v) is 8.84. The van der Waals surface area contributed by atoms with Crippen LogP contribution < -0.4 is 5.32 Å². The third-order valence-electron chi connectivity index (χ3n) is 2.26. The van der Waals surface area contributed by atoms with Gasteiger partial charge in [0.15, 0.2) is 0 Å². The van der Waals surface area contributed by atoms with Crippen LogP contribution in [0.1, 0.15) is 0 Å². The number of rotatable bonds is 0. The Labute approximate surface area is 92.6 Å². The third-order valence-corrected chi connectivity index (χ3v) is 3.42. The average molecular weight is 217 g/mol. The van der Waals surface area contributed by atoms with Crippen LogP contribution in [0.4, 0.5) is 11.4 Å². The SMILES string of the molecule is O.c1ccc2c(c1)Nc1ccccc1S2. The monoisotopic (exact) mass is 217 g/mol. The molecule has 1 heterocycles. The Morgan fingerprint density at radius 1 is 0.733 bits per heavy atom. The van der Waals surface area contributed by atoms with E-state index >= 15 is 0 Å². The number of nitrogens with one attached hydrogen (secondary N) is 1. The van der Waals surface area contributed by atoms with Gasteiger partial charge in [0.2, 0.25) is 0 Å². The molecular formula is C12H11NOS. The van der Waals surface area contributed by atoms with Gasteiger partial charge in [0.1, 0.15) is 0 Å². The molecule has 0 fully saturated rings. The highest BCUT2D eigenvalue weighted by atomic mass is 32.2. The molecule has 2 aromatic carbocycles. The number of hydrogen-bond donors (Lipinski definition) is 1. The second kappa shape index (κ2) is 3.96. The lowest BCUT2D eigenvalue weighted by atomic mass is 10.2. The van der Waals surface area contributed by atoms with Gasteiger partial charge in [0.25, 0.3) is 0 Å². The van der Waals surface area contributed by atoms with E-state index in [9.17, 15) is 0 Å². The predicted octanol–water partition coefficient (Wildman–Crippen LogP) is 3.07. The van der Waals surface area contributed by atoms with Gasteiger partial charge in [-0.15, -0.1) is 0 Å². The number of anilines is 2. The van der Waals surface area contributed by atoms with E-state index in [1.54, 1.807) is 0 Å². The predicted molar refractivity (Wildman–Crippen MR) is 63.9 cm³/mol. The first-order chi connectivity index (χ1) is 6.93. The van der Waals surface area contributed by atoms with Crippen molar-refractivity contribution in [3.05, 3.63) is 48.5 Å². The second-order valence-corrected chi connectivity index (χ2v) is 4.30. The molecule has 0 saturated heterocycles. The largest absolute Gasteiger partial charge is 0.412 e. The molecule has 0 radical (unpaired) electrons. The lowest BCUT2D eigenvalue weighted by Gasteiger charge is -2.19. The van der Waals surface area contributed by atoms with Crippen LogP contribution in [0.25, 0.3) is 0 Å². The Bertz CT molecular complexity index is 397. The van der Waals surface area contributed by atoms with E-state index in [0.717, 1.165) is 0 Å². The van der Waals surface area contributed by atoms with Gasteiger partial charge in [-0.3, -0.25) is 0 Å². The maximum absolute atomic E-state index is 3.42. The topological polar surface area (TPSA) is 43.5 Å². The highest BCUT2D eigenvalue weighted by Crippen LogP contribution is 2.43. The molecule has 76 valence electrons. The molecule has 2 aromatic rings. The van der Waals surface area contributed by atoms with E-state index in [4.69, 9.17) is 0 Å². The summed E-state index contributed by atoms with van der Waals surface area (Å²) in [5.74, 6) is 0. The van der Waals surface area contributed by atoms with E-state index in [1.807, 2.05) is 11.8 Å². The zero-order chi connectivity index (χ0) is 9.38. The van der Waals surface area contributed by atoms with Gasteiger partial charge in [-0.1, -0.05) is 36.0 Å². The van der Waals surface area contributed by atoms with Crippen LogP contribution in [-0.2, 0) is 0 Å². The number of hydrogen-bond acceptors (Lipinski definition) is 2. The summed E-state index contributed by atoms with van der Waals surface area (Å²) in [7, 11) is 0. The highest BCUT2D eigenvalue weighted by molar-refractivity contribution is 7.99. The van der Waals surface area contributed by atoms with Crippen LogP contribution in [0.3, 0.4) is 0 Å². The van der Waals surface area contributed by atoms with Gasteiger partial charge in [-0.2, -0.15) is 0 Å². The number of para-hydroxylation sites is 2. The van der Waals surface area contributed by atoms with Crippen LogP contribution >= 0.6 is 11.8 Å². The molecule has 1 aliphatic rings. The van der Waals surface area contributed by atoms with Crippen LogP contribution in [0.15, 0.2) is 58.3 Å². The smallest absolute Gasteiger partial charge is 0.0526 e. The maximum Gasteiger partial charge on any atom is 0.0526 e. The van der Waals surface area contributed by atoms with E-state index < -0.39 is 0 Å². The first-order valence-electron chi connectivity index (χ1n) is 4.56. The molecule has 3 heteroatoms. The Balaban J connectivity index is 0.000000853. The van der Waals surface area contributed by atoms with E-state index in [0.29, 0.717) is 0 Å². The van der Waals surface area contributed by atoms with Crippen molar-refractivity contribution < 1.29 is 5.48 Å². The summed E-state index contributed by atoms with van der Waals surface area (Å²) in [6.45, 7) is 0. The molecule has 3 rings (SSSR count). The van der Waals surface area contributed by atoms with Crippen LogP contribution in [0.2, 0.25) is 0 Å². The van der Waals surface area contributed by atoms with Crippen molar-refractivity contribution in [3.63, 3.8) is 0 Å². The molecule has 0 unspecified atom stereocenters. The molecule has 0 saturated carbocycles. The molecular weight excluding hydrogens is 206 g/mol. The summed E-state index contributed by atoms with van der Waals surface area (Å²) in [6.07, 6.45) is 0. The van der Waals surface area contributed by atoms with Crippen molar-refractivity contribution >= 4 is 23.1 Å². The van der Waals surface area contributed by atoms with Gasteiger partial charge in [0, 0.05) is 9.79 Å². The van der Waals surface area contributed by atoms with Crippen molar-refractivity contribution in [1.82, 2.24) is 0 Å². The van der Waals surface area contributed by atoms with E-state index in [-0.39, 0.29) is 5.48 Å². The number of fused-ring (bicyclic) bond motifs is 2.